The second-order valence-corrected chi connectivity index (χ2v) is 4.20. The number of rotatable bonds is 4. The molecule has 0 spiro atoms. The van der Waals surface area contributed by atoms with Gasteiger partial charge in [-0.15, -0.1) is 0 Å². The molecule has 1 aromatic heterocycles. The first-order valence-corrected chi connectivity index (χ1v) is 5.63. The van der Waals surface area contributed by atoms with Crippen molar-refractivity contribution in [2.24, 2.45) is 11.7 Å². The highest BCUT2D eigenvalue weighted by molar-refractivity contribution is 5.78. The van der Waals surface area contributed by atoms with Crippen LogP contribution in [0.5, 0.6) is 0 Å². The van der Waals surface area contributed by atoms with Crippen molar-refractivity contribution in [1.29, 1.82) is 0 Å². The highest BCUT2D eigenvalue weighted by atomic mass is 16.5. The van der Waals surface area contributed by atoms with E-state index in [1.807, 2.05) is 0 Å². The molecule has 2 rings (SSSR count). The average molecular weight is 223 g/mol. The molecule has 16 heavy (non-hydrogen) atoms. The Morgan fingerprint density at radius 2 is 2.31 bits per heavy atom. The van der Waals surface area contributed by atoms with Crippen LogP contribution < -0.4 is 5.73 Å². The molecule has 5 nitrogen and oxygen atoms in total. The van der Waals surface area contributed by atoms with Gasteiger partial charge < -0.3 is 10.5 Å². The molecule has 1 aliphatic heterocycles. The second-order valence-electron chi connectivity index (χ2n) is 4.20. The second kappa shape index (κ2) is 5.12. The minimum Gasteiger partial charge on any atom is -0.381 e. The van der Waals surface area contributed by atoms with E-state index in [1.54, 1.807) is 23.1 Å². The quantitative estimate of drug-likeness (QED) is 0.817. The largest absolute Gasteiger partial charge is 0.381 e. The first-order chi connectivity index (χ1) is 7.77. The van der Waals surface area contributed by atoms with Gasteiger partial charge in [0.1, 0.15) is 6.04 Å². The zero-order chi connectivity index (χ0) is 11.4. The third-order valence-corrected chi connectivity index (χ3v) is 3.07. The number of carbonyl (C=O) groups excluding carboxylic acids is 1. The zero-order valence-electron chi connectivity index (χ0n) is 9.21. The lowest BCUT2D eigenvalue weighted by Gasteiger charge is -2.25. The maximum atomic E-state index is 11.4. The van der Waals surface area contributed by atoms with Crippen LogP contribution in [0.4, 0.5) is 0 Å². The van der Waals surface area contributed by atoms with E-state index in [-0.39, 0.29) is 11.9 Å². The van der Waals surface area contributed by atoms with Gasteiger partial charge in [0.05, 0.1) is 0 Å². The molecule has 88 valence electrons. The van der Waals surface area contributed by atoms with Crippen LogP contribution in [0.1, 0.15) is 25.3 Å². The van der Waals surface area contributed by atoms with Crippen molar-refractivity contribution < 1.29 is 9.53 Å². The number of aromatic nitrogens is 2. The van der Waals surface area contributed by atoms with Gasteiger partial charge in [-0.2, -0.15) is 5.10 Å². The van der Waals surface area contributed by atoms with Crippen LogP contribution in [0, 0.1) is 5.92 Å². The number of ether oxygens (including phenoxy) is 1. The fraction of sp³-hybridized carbons (Fsp3) is 0.636. The monoisotopic (exact) mass is 223 g/mol. The highest BCUT2D eigenvalue weighted by Crippen LogP contribution is 2.25. The standard InChI is InChI=1S/C11H17N3O2/c12-11(15)10(14-5-1-4-13-14)8-9-2-6-16-7-3-9/h1,4-5,9-10H,2-3,6-8H2,(H2,12,15). The van der Waals surface area contributed by atoms with Gasteiger partial charge in [0.25, 0.3) is 0 Å². The van der Waals surface area contributed by atoms with E-state index < -0.39 is 0 Å². The van der Waals surface area contributed by atoms with Crippen LogP contribution in [-0.2, 0) is 9.53 Å². The van der Waals surface area contributed by atoms with Gasteiger partial charge in [-0.25, -0.2) is 0 Å². The van der Waals surface area contributed by atoms with Crippen molar-refractivity contribution in [1.82, 2.24) is 9.78 Å². The summed E-state index contributed by atoms with van der Waals surface area (Å²) in [5.41, 5.74) is 5.41. The molecular formula is C11H17N3O2. The predicted molar refractivity (Wildman–Crippen MR) is 58.6 cm³/mol. The Labute approximate surface area is 94.6 Å². The minimum atomic E-state index is -0.321. The van der Waals surface area contributed by atoms with E-state index in [9.17, 15) is 4.79 Å². The molecule has 2 heterocycles. The third-order valence-electron chi connectivity index (χ3n) is 3.07. The Hall–Kier alpha value is -1.36. The Kier molecular flexibility index (Phi) is 3.56. The topological polar surface area (TPSA) is 70.1 Å². The lowest BCUT2D eigenvalue weighted by Crippen LogP contribution is -2.30. The molecule has 0 radical (unpaired) electrons. The SMILES string of the molecule is NC(=O)C(CC1CCOCC1)n1cccn1. The van der Waals surface area contributed by atoms with Crippen LogP contribution in [-0.4, -0.2) is 28.9 Å². The van der Waals surface area contributed by atoms with E-state index in [2.05, 4.69) is 5.10 Å². The van der Waals surface area contributed by atoms with Crippen molar-refractivity contribution in [3.8, 4) is 0 Å². The summed E-state index contributed by atoms with van der Waals surface area (Å²) in [6.45, 7) is 1.57. The van der Waals surface area contributed by atoms with Gasteiger partial charge in [0.2, 0.25) is 5.91 Å². The highest BCUT2D eigenvalue weighted by Gasteiger charge is 2.24. The van der Waals surface area contributed by atoms with Gasteiger partial charge in [0, 0.05) is 25.6 Å². The molecule has 1 aliphatic rings. The fourth-order valence-corrected chi connectivity index (χ4v) is 2.12. The first-order valence-electron chi connectivity index (χ1n) is 5.63. The van der Waals surface area contributed by atoms with E-state index >= 15 is 0 Å². The van der Waals surface area contributed by atoms with E-state index in [1.165, 1.54) is 0 Å². The molecule has 2 N–H and O–H groups in total. The Balaban J connectivity index is 2.00. The lowest BCUT2D eigenvalue weighted by molar-refractivity contribution is -0.122. The van der Waals surface area contributed by atoms with Crippen LogP contribution in [0.2, 0.25) is 0 Å². The Morgan fingerprint density at radius 1 is 1.56 bits per heavy atom. The maximum Gasteiger partial charge on any atom is 0.242 e. The van der Waals surface area contributed by atoms with Gasteiger partial charge in [0.15, 0.2) is 0 Å². The summed E-state index contributed by atoms with van der Waals surface area (Å²) in [6, 6.07) is 1.48. The number of nitrogens with zero attached hydrogens (tertiary/aromatic N) is 2. The summed E-state index contributed by atoms with van der Waals surface area (Å²) >= 11 is 0. The number of hydrogen-bond donors (Lipinski definition) is 1. The maximum absolute atomic E-state index is 11.4. The third kappa shape index (κ3) is 2.61. The van der Waals surface area contributed by atoms with Gasteiger partial charge in [-0.05, 0) is 31.2 Å². The van der Waals surface area contributed by atoms with Crippen molar-refractivity contribution in [3.63, 3.8) is 0 Å². The molecule has 1 saturated heterocycles. The molecule has 5 heteroatoms. The van der Waals surface area contributed by atoms with Gasteiger partial charge >= 0.3 is 0 Å². The van der Waals surface area contributed by atoms with Gasteiger partial charge in [-0.3, -0.25) is 9.48 Å². The summed E-state index contributed by atoms with van der Waals surface area (Å²) in [5.74, 6) is 0.200. The summed E-state index contributed by atoms with van der Waals surface area (Å²) in [6.07, 6.45) is 6.23. The van der Waals surface area contributed by atoms with Gasteiger partial charge in [-0.1, -0.05) is 0 Å². The molecular weight excluding hydrogens is 206 g/mol. The van der Waals surface area contributed by atoms with Crippen molar-refractivity contribution >= 4 is 5.91 Å². The number of nitrogens with two attached hydrogens (primary N) is 1. The molecule has 1 amide bonds. The predicted octanol–water partition coefficient (Wildman–Crippen LogP) is 0.726. The normalized spacial score (nSPS) is 19.5. The molecule has 1 fully saturated rings. The summed E-state index contributed by atoms with van der Waals surface area (Å²) in [4.78, 5) is 11.4. The molecule has 0 bridgehead atoms. The average Bonchev–Trinajstić information content (AvgIpc) is 2.80. The van der Waals surface area contributed by atoms with E-state index in [0.29, 0.717) is 5.92 Å². The molecule has 0 saturated carbocycles. The summed E-state index contributed by atoms with van der Waals surface area (Å²) in [7, 11) is 0. The number of primary amides is 1. The molecule has 1 atom stereocenters. The van der Waals surface area contributed by atoms with Crippen molar-refractivity contribution in [3.05, 3.63) is 18.5 Å². The van der Waals surface area contributed by atoms with Crippen LogP contribution in [0.3, 0.4) is 0 Å². The smallest absolute Gasteiger partial charge is 0.242 e. The zero-order valence-corrected chi connectivity index (χ0v) is 9.21. The lowest BCUT2D eigenvalue weighted by atomic mass is 9.92. The first kappa shape index (κ1) is 11.1. The van der Waals surface area contributed by atoms with Crippen LogP contribution in [0.25, 0.3) is 0 Å². The molecule has 0 aromatic carbocycles. The minimum absolute atomic E-state index is 0.310. The number of carbonyl (C=O) groups is 1. The number of amides is 1. The summed E-state index contributed by atoms with van der Waals surface area (Å²) in [5, 5.41) is 4.09. The van der Waals surface area contributed by atoms with E-state index in [0.717, 1.165) is 32.5 Å². The van der Waals surface area contributed by atoms with Crippen molar-refractivity contribution in [2.75, 3.05) is 13.2 Å². The summed E-state index contributed by atoms with van der Waals surface area (Å²) < 4.78 is 6.94. The van der Waals surface area contributed by atoms with Crippen molar-refractivity contribution in [2.45, 2.75) is 25.3 Å². The molecule has 1 aromatic rings. The fourth-order valence-electron chi connectivity index (χ4n) is 2.12. The van der Waals surface area contributed by atoms with Crippen LogP contribution in [0.15, 0.2) is 18.5 Å². The molecule has 1 unspecified atom stereocenters. The van der Waals surface area contributed by atoms with Crippen LogP contribution >= 0.6 is 0 Å². The Morgan fingerprint density at radius 3 is 2.88 bits per heavy atom. The van der Waals surface area contributed by atoms with E-state index in [4.69, 9.17) is 10.5 Å². The molecule has 0 aliphatic carbocycles. The Bertz CT molecular complexity index is 331. The number of hydrogen-bond acceptors (Lipinski definition) is 3.